The van der Waals surface area contributed by atoms with Crippen molar-refractivity contribution in [1.29, 1.82) is 0 Å². The van der Waals surface area contributed by atoms with Gasteiger partial charge in [0.05, 0.1) is 0 Å². The van der Waals surface area contributed by atoms with Crippen LogP contribution in [0, 0.1) is 0 Å². The number of rotatable bonds is 6. The molecule has 0 heterocycles. The normalized spacial score (nSPS) is 14.9. The second-order valence-corrected chi connectivity index (χ2v) is 6.13. The first-order valence-corrected chi connectivity index (χ1v) is 8.27. The average Bonchev–Trinajstić information content (AvgIpc) is 2.47. The first kappa shape index (κ1) is 14.3. The van der Waals surface area contributed by atoms with Gasteiger partial charge in [-0.15, -0.1) is 0 Å². The molecular formula is C20H25N. The standard InChI is InChI=1S/C20H25N/c1-2-13-21-15-16-5-3-8-20(14-16)19-11-9-18(10-12-19)17-6-4-7-17/h3,5,8-12,14,17,21H,2,4,6-7,13,15H2,1H3. The Hall–Kier alpha value is -1.60. The van der Waals surface area contributed by atoms with Gasteiger partial charge in [-0.25, -0.2) is 0 Å². The molecule has 0 radical (unpaired) electrons. The summed E-state index contributed by atoms with van der Waals surface area (Å²) in [5.41, 5.74) is 5.54. The minimum atomic E-state index is 0.823. The molecule has 1 nitrogen and oxygen atoms in total. The molecule has 1 fully saturated rings. The van der Waals surface area contributed by atoms with E-state index in [0.29, 0.717) is 0 Å². The lowest BCUT2D eigenvalue weighted by molar-refractivity contribution is 0.420. The molecule has 2 aromatic carbocycles. The van der Waals surface area contributed by atoms with Gasteiger partial charge < -0.3 is 5.32 Å². The predicted octanol–water partition coefficient (Wildman–Crippen LogP) is 5.12. The molecule has 110 valence electrons. The fourth-order valence-electron chi connectivity index (χ4n) is 2.96. The van der Waals surface area contributed by atoms with Crippen LogP contribution in [0.15, 0.2) is 48.5 Å². The van der Waals surface area contributed by atoms with E-state index < -0.39 is 0 Å². The lowest BCUT2D eigenvalue weighted by atomic mass is 9.80. The molecular weight excluding hydrogens is 254 g/mol. The van der Waals surface area contributed by atoms with Crippen molar-refractivity contribution in [2.75, 3.05) is 6.54 Å². The molecule has 1 heteroatoms. The van der Waals surface area contributed by atoms with Crippen LogP contribution < -0.4 is 5.32 Å². The molecule has 0 saturated heterocycles. The van der Waals surface area contributed by atoms with E-state index >= 15 is 0 Å². The van der Waals surface area contributed by atoms with Gasteiger partial charge in [-0.05, 0) is 60.0 Å². The Morgan fingerprint density at radius 2 is 1.81 bits per heavy atom. The summed E-state index contributed by atoms with van der Waals surface area (Å²) in [6.07, 6.45) is 5.33. The summed E-state index contributed by atoms with van der Waals surface area (Å²) in [7, 11) is 0. The summed E-state index contributed by atoms with van der Waals surface area (Å²) in [4.78, 5) is 0. The Morgan fingerprint density at radius 3 is 2.48 bits per heavy atom. The van der Waals surface area contributed by atoms with Crippen molar-refractivity contribution >= 4 is 0 Å². The highest BCUT2D eigenvalue weighted by Crippen LogP contribution is 2.36. The van der Waals surface area contributed by atoms with Crippen LogP contribution in [0.5, 0.6) is 0 Å². The third-order valence-corrected chi connectivity index (χ3v) is 4.50. The number of benzene rings is 2. The SMILES string of the molecule is CCCNCc1cccc(-c2ccc(C3CCC3)cc2)c1. The summed E-state index contributed by atoms with van der Waals surface area (Å²) < 4.78 is 0. The molecule has 0 amide bonds. The van der Waals surface area contributed by atoms with Crippen molar-refractivity contribution < 1.29 is 0 Å². The summed E-state index contributed by atoms with van der Waals surface area (Å²) >= 11 is 0. The molecule has 0 atom stereocenters. The third kappa shape index (κ3) is 3.54. The quantitative estimate of drug-likeness (QED) is 0.724. The fraction of sp³-hybridized carbons (Fsp3) is 0.400. The topological polar surface area (TPSA) is 12.0 Å². The van der Waals surface area contributed by atoms with Gasteiger partial charge in [0.25, 0.3) is 0 Å². The molecule has 0 unspecified atom stereocenters. The van der Waals surface area contributed by atoms with Crippen molar-refractivity contribution in [1.82, 2.24) is 5.32 Å². The highest BCUT2D eigenvalue weighted by atomic mass is 14.8. The zero-order chi connectivity index (χ0) is 14.5. The molecule has 1 aliphatic rings. The van der Waals surface area contributed by atoms with E-state index in [0.717, 1.165) is 19.0 Å². The van der Waals surface area contributed by atoms with Gasteiger partial charge in [-0.3, -0.25) is 0 Å². The Bertz CT molecular complexity index is 567. The van der Waals surface area contributed by atoms with Crippen molar-refractivity contribution in [2.24, 2.45) is 0 Å². The third-order valence-electron chi connectivity index (χ3n) is 4.50. The van der Waals surface area contributed by atoms with Crippen molar-refractivity contribution in [3.8, 4) is 11.1 Å². The van der Waals surface area contributed by atoms with Gasteiger partial charge in [-0.2, -0.15) is 0 Å². The minimum absolute atomic E-state index is 0.823. The number of hydrogen-bond donors (Lipinski definition) is 1. The lowest BCUT2D eigenvalue weighted by Gasteiger charge is -2.25. The summed E-state index contributed by atoms with van der Waals surface area (Å²) in [5.74, 6) is 0.823. The highest BCUT2D eigenvalue weighted by Gasteiger charge is 2.18. The highest BCUT2D eigenvalue weighted by molar-refractivity contribution is 5.64. The zero-order valence-corrected chi connectivity index (χ0v) is 12.9. The fourth-order valence-corrected chi connectivity index (χ4v) is 2.96. The van der Waals surface area contributed by atoms with E-state index in [4.69, 9.17) is 0 Å². The van der Waals surface area contributed by atoms with Crippen LogP contribution in [0.2, 0.25) is 0 Å². The van der Waals surface area contributed by atoms with Crippen LogP contribution in [0.1, 0.15) is 49.7 Å². The van der Waals surface area contributed by atoms with Crippen molar-refractivity contribution in [3.63, 3.8) is 0 Å². The van der Waals surface area contributed by atoms with E-state index in [-0.39, 0.29) is 0 Å². The van der Waals surface area contributed by atoms with Gasteiger partial charge in [-0.1, -0.05) is 55.8 Å². The Balaban J connectivity index is 1.71. The molecule has 2 aromatic rings. The van der Waals surface area contributed by atoms with Gasteiger partial charge in [0, 0.05) is 6.54 Å². The van der Waals surface area contributed by atoms with Gasteiger partial charge in [0.15, 0.2) is 0 Å². The molecule has 0 aliphatic heterocycles. The van der Waals surface area contributed by atoms with Crippen LogP contribution in [0.3, 0.4) is 0 Å². The maximum atomic E-state index is 3.47. The molecule has 1 saturated carbocycles. The maximum absolute atomic E-state index is 3.47. The lowest BCUT2D eigenvalue weighted by Crippen LogP contribution is -2.13. The summed E-state index contributed by atoms with van der Waals surface area (Å²) in [5, 5.41) is 3.47. The zero-order valence-electron chi connectivity index (χ0n) is 12.9. The second kappa shape index (κ2) is 6.91. The number of nitrogens with one attached hydrogen (secondary N) is 1. The van der Waals surface area contributed by atoms with E-state index in [1.54, 1.807) is 0 Å². The molecule has 0 aromatic heterocycles. The first-order chi connectivity index (χ1) is 10.4. The van der Waals surface area contributed by atoms with E-state index in [1.807, 2.05) is 0 Å². The minimum Gasteiger partial charge on any atom is -0.313 e. The summed E-state index contributed by atoms with van der Waals surface area (Å²) in [6, 6.07) is 18.1. The van der Waals surface area contributed by atoms with E-state index in [2.05, 4.69) is 60.8 Å². The second-order valence-electron chi connectivity index (χ2n) is 6.13. The van der Waals surface area contributed by atoms with Crippen molar-refractivity contribution in [2.45, 2.75) is 45.1 Å². The van der Waals surface area contributed by atoms with Crippen LogP contribution in [0.4, 0.5) is 0 Å². The molecule has 0 bridgehead atoms. The number of hydrogen-bond acceptors (Lipinski definition) is 1. The van der Waals surface area contributed by atoms with Crippen molar-refractivity contribution in [3.05, 3.63) is 59.7 Å². The Kier molecular flexibility index (Phi) is 4.72. The molecule has 3 rings (SSSR count). The van der Waals surface area contributed by atoms with Gasteiger partial charge >= 0.3 is 0 Å². The van der Waals surface area contributed by atoms with E-state index in [1.165, 1.54) is 47.9 Å². The summed E-state index contributed by atoms with van der Waals surface area (Å²) in [6.45, 7) is 4.25. The average molecular weight is 279 g/mol. The molecule has 21 heavy (non-hydrogen) atoms. The maximum Gasteiger partial charge on any atom is 0.0205 e. The molecule has 1 N–H and O–H groups in total. The Labute approximate surface area is 128 Å². The van der Waals surface area contributed by atoms with Gasteiger partial charge in [0.1, 0.15) is 0 Å². The predicted molar refractivity (Wildman–Crippen MR) is 90.5 cm³/mol. The largest absolute Gasteiger partial charge is 0.313 e. The van der Waals surface area contributed by atoms with Crippen LogP contribution in [-0.4, -0.2) is 6.54 Å². The first-order valence-electron chi connectivity index (χ1n) is 8.27. The molecule has 1 aliphatic carbocycles. The molecule has 0 spiro atoms. The monoisotopic (exact) mass is 279 g/mol. The van der Waals surface area contributed by atoms with Gasteiger partial charge in [0.2, 0.25) is 0 Å². The van der Waals surface area contributed by atoms with E-state index in [9.17, 15) is 0 Å². The van der Waals surface area contributed by atoms with Crippen LogP contribution in [0.25, 0.3) is 11.1 Å². The Morgan fingerprint density at radius 1 is 1.00 bits per heavy atom. The smallest absolute Gasteiger partial charge is 0.0205 e. The van der Waals surface area contributed by atoms with Crippen LogP contribution >= 0.6 is 0 Å². The van der Waals surface area contributed by atoms with Crippen LogP contribution in [-0.2, 0) is 6.54 Å².